The molecular weight excluding hydrogens is 430 g/mol. The lowest BCUT2D eigenvalue weighted by molar-refractivity contribution is 0.102. The predicted molar refractivity (Wildman–Crippen MR) is 122 cm³/mol. The van der Waals surface area contributed by atoms with Gasteiger partial charge in [-0.1, -0.05) is 60.1 Å². The molecule has 5 rings (SSSR count). The minimum absolute atomic E-state index is 0.127. The van der Waals surface area contributed by atoms with Crippen molar-refractivity contribution in [2.45, 2.75) is 6.54 Å². The number of rotatable bonds is 4. The van der Waals surface area contributed by atoms with Crippen LogP contribution in [0.2, 0.25) is 5.02 Å². The maximum atomic E-state index is 13.2. The third kappa shape index (κ3) is 3.78. The number of carbonyl (C=O) groups is 1. The van der Waals surface area contributed by atoms with E-state index in [9.17, 15) is 9.59 Å². The Balaban J connectivity index is 1.55. The Kier molecular flexibility index (Phi) is 5.25. The van der Waals surface area contributed by atoms with E-state index in [-0.39, 0.29) is 17.8 Å². The summed E-state index contributed by atoms with van der Waals surface area (Å²) in [4.78, 5) is 26.2. The van der Waals surface area contributed by atoms with E-state index >= 15 is 0 Å². The molecule has 0 aliphatic carbocycles. The molecule has 0 radical (unpaired) electrons. The van der Waals surface area contributed by atoms with E-state index in [2.05, 4.69) is 10.4 Å². The normalized spacial score (nSPS) is 12.5. The molecule has 0 fully saturated rings. The molecule has 0 unspecified atom stereocenters. The third-order valence-corrected chi connectivity index (χ3v) is 5.45. The van der Waals surface area contributed by atoms with Crippen LogP contribution < -0.4 is 20.3 Å². The largest absolute Gasteiger partial charge is 0.486 e. The summed E-state index contributed by atoms with van der Waals surface area (Å²) in [5, 5.41) is 8.39. The number of nitrogens with one attached hydrogen (secondary N) is 1. The molecule has 7 nitrogen and oxygen atoms in total. The zero-order chi connectivity index (χ0) is 22.1. The van der Waals surface area contributed by atoms with Crippen LogP contribution in [-0.2, 0) is 6.54 Å². The highest BCUT2D eigenvalue weighted by atomic mass is 35.5. The van der Waals surface area contributed by atoms with E-state index in [1.54, 1.807) is 36.4 Å². The van der Waals surface area contributed by atoms with Crippen molar-refractivity contribution >= 4 is 34.0 Å². The molecule has 0 atom stereocenters. The number of fused-ring (bicyclic) bond motifs is 2. The summed E-state index contributed by atoms with van der Waals surface area (Å²) in [6.07, 6.45) is 0. The van der Waals surface area contributed by atoms with Gasteiger partial charge in [-0.05, 0) is 11.6 Å². The van der Waals surface area contributed by atoms with Gasteiger partial charge in [0.15, 0.2) is 17.2 Å². The Labute approximate surface area is 188 Å². The number of hydrogen-bond acceptors (Lipinski definition) is 5. The molecule has 2 heterocycles. The van der Waals surface area contributed by atoms with Crippen LogP contribution >= 0.6 is 11.6 Å². The van der Waals surface area contributed by atoms with E-state index in [1.807, 2.05) is 30.3 Å². The Hall–Kier alpha value is -3.84. The molecule has 0 spiro atoms. The lowest BCUT2D eigenvalue weighted by Gasteiger charge is -2.20. The summed E-state index contributed by atoms with van der Waals surface area (Å²) in [5.74, 6) is 0.545. The molecule has 32 heavy (non-hydrogen) atoms. The molecule has 0 saturated heterocycles. The number of benzene rings is 3. The van der Waals surface area contributed by atoms with E-state index in [0.717, 1.165) is 5.56 Å². The van der Waals surface area contributed by atoms with Gasteiger partial charge in [0, 0.05) is 17.5 Å². The van der Waals surface area contributed by atoms with Crippen molar-refractivity contribution in [3.05, 3.63) is 93.4 Å². The number of halogens is 1. The van der Waals surface area contributed by atoms with E-state index in [4.69, 9.17) is 21.1 Å². The highest BCUT2D eigenvalue weighted by molar-refractivity contribution is 6.34. The smallest absolute Gasteiger partial charge is 0.276 e. The molecule has 8 heteroatoms. The number of anilines is 1. The first-order valence-electron chi connectivity index (χ1n) is 10.0. The second-order valence-electron chi connectivity index (χ2n) is 7.27. The van der Waals surface area contributed by atoms with Crippen LogP contribution in [0.15, 0.2) is 71.5 Å². The van der Waals surface area contributed by atoms with Crippen molar-refractivity contribution in [2.24, 2.45) is 0 Å². The van der Waals surface area contributed by atoms with Crippen molar-refractivity contribution in [3.63, 3.8) is 0 Å². The quantitative estimate of drug-likeness (QED) is 0.509. The van der Waals surface area contributed by atoms with Crippen molar-refractivity contribution in [3.8, 4) is 11.5 Å². The number of carbonyl (C=O) groups excluding carboxylic acids is 1. The summed E-state index contributed by atoms with van der Waals surface area (Å²) in [6, 6.07) is 19.6. The summed E-state index contributed by atoms with van der Waals surface area (Å²) in [5.41, 5.74) is 1.13. The van der Waals surface area contributed by atoms with Crippen LogP contribution in [-0.4, -0.2) is 28.9 Å². The van der Waals surface area contributed by atoms with E-state index in [0.29, 0.717) is 46.2 Å². The van der Waals surface area contributed by atoms with Crippen LogP contribution in [0.1, 0.15) is 16.1 Å². The Morgan fingerprint density at radius 2 is 1.62 bits per heavy atom. The highest BCUT2D eigenvalue weighted by Crippen LogP contribution is 2.38. The predicted octanol–water partition coefficient (Wildman–Crippen LogP) is 4.12. The molecule has 1 aromatic heterocycles. The number of ether oxygens (including phenoxy) is 2. The lowest BCUT2D eigenvalue weighted by atomic mass is 10.1. The number of amides is 1. The van der Waals surface area contributed by atoms with Gasteiger partial charge in [-0.15, -0.1) is 0 Å². The molecule has 1 N–H and O–H groups in total. The summed E-state index contributed by atoms with van der Waals surface area (Å²) in [7, 11) is 0. The minimum Gasteiger partial charge on any atom is -0.486 e. The van der Waals surface area contributed by atoms with Gasteiger partial charge in [0.25, 0.3) is 11.5 Å². The fraction of sp³-hybridized carbons (Fsp3) is 0.125. The molecule has 1 aliphatic rings. The van der Waals surface area contributed by atoms with E-state index in [1.165, 1.54) is 4.68 Å². The Morgan fingerprint density at radius 1 is 0.969 bits per heavy atom. The van der Waals surface area contributed by atoms with Crippen molar-refractivity contribution in [1.82, 2.24) is 9.78 Å². The van der Waals surface area contributed by atoms with Crippen LogP contribution in [0.3, 0.4) is 0 Å². The lowest BCUT2D eigenvalue weighted by Crippen LogP contribution is -2.28. The summed E-state index contributed by atoms with van der Waals surface area (Å²) >= 11 is 6.35. The number of nitrogens with zero attached hydrogens (tertiary/aromatic N) is 2. The molecule has 160 valence electrons. The van der Waals surface area contributed by atoms with Gasteiger partial charge in [-0.25, -0.2) is 4.68 Å². The van der Waals surface area contributed by atoms with Crippen LogP contribution in [0.4, 0.5) is 5.69 Å². The van der Waals surface area contributed by atoms with Gasteiger partial charge in [0.2, 0.25) is 0 Å². The van der Waals surface area contributed by atoms with Gasteiger partial charge in [-0.2, -0.15) is 5.10 Å². The zero-order valence-corrected chi connectivity index (χ0v) is 17.6. The molecule has 0 saturated carbocycles. The van der Waals surface area contributed by atoms with Crippen molar-refractivity contribution in [2.75, 3.05) is 18.5 Å². The van der Waals surface area contributed by atoms with Gasteiger partial charge in [0.05, 0.1) is 22.6 Å². The first-order valence-corrected chi connectivity index (χ1v) is 10.4. The molecule has 1 amide bonds. The standard InChI is InChI=1S/C24H18ClN3O4/c25-18-12-20-21(32-11-10-31-20)13-19(18)26-23(29)22-16-8-4-5-9-17(16)24(30)28(27-22)14-15-6-2-1-3-7-15/h1-9,12-13H,10-11,14H2,(H,26,29). The van der Waals surface area contributed by atoms with Gasteiger partial charge < -0.3 is 14.8 Å². The zero-order valence-electron chi connectivity index (χ0n) is 16.9. The summed E-state index contributed by atoms with van der Waals surface area (Å²) in [6.45, 7) is 1.10. The van der Waals surface area contributed by atoms with Gasteiger partial charge in [0.1, 0.15) is 13.2 Å². The monoisotopic (exact) mass is 447 g/mol. The average Bonchev–Trinajstić information content (AvgIpc) is 2.82. The number of hydrogen-bond donors (Lipinski definition) is 1. The van der Waals surface area contributed by atoms with E-state index < -0.39 is 5.91 Å². The minimum atomic E-state index is -0.485. The summed E-state index contributed by atoms with van der Waals surface area (Å²) < 4.78 is 12.4. The molecule has 1 aliphatic heterocycles. The topological polar surface area (TPSA) is 82.4 Å². The van der Waals surface area contributed by atoms with Crippen LogP contribution in [0.25, 0.3) is 10.8 Å². The second-order valence-corrected chi connectivity index (χ2v) is 7.68. The Bertz CT molecular complexity index is 1390. The number of aromatic nitrogens is 2. The fourth-order valence-electron chi connectivity index (χ4n) is 3.61. The highest BCUT2D eigenvalue weighted by Gasteiger charge is 2.20. The Morgan fingerprint density at radius 3 is 2.38 bits per heavy atom. The molecule has 3 aromatic carbocycles. The molecular formula is C24H18ClN3O4. The van der Waals surface area contributed by atoms with Crippen molar-refractivity contribution in [1.29, 1.82) is 0 Å². The van der Waals surface area contributed by atoms with Gasteiger partial charge >= 0.3 is 0 Å². The molecule has 4 aromatic rings. The first kappa shape index (κ1) is 20.1. The van der Waals surface area contributed by atoms with Gasteiger partial charge in [-0.3, -0.25) is 9.59 Å². The van der Waals surface area contributed by atoms with Crippen LogP contribution in [0, 0.1) is 0 Å². The SMILES string of the molecule is O=C(Nc1cc2c(cc1Cl)OCCO2)c1nn(Cc2ccccc2)c(=O)c2ccccc12. The second kappa shape index (κ2) is 8.36. The van der Waals surface area contributed by atoms with Crippen molar-refractivity contribution < 1.29 is 14.3 Å². The first-order chi connectivity index (χ1) is 15.6. The third-order valence-electron chi connectivity index (χ3n) is 5.14. The maximum Gasteiger partial charge on any atom is 0.276 e. The molecule has 0 bridgehead atoms. The fourth-order valence-corrected chi connectivity index (χ4v) is 3.81. The van der Waals surface area contributed by atoms with Crippen LogP contribution in [0.5, 0.6) is 11.5 Å². The maximum absolute atomic E-state index is 13.2. The average molecular weight is 448 g/mol.